The number of hydrogen-bond acceptors (Lipinski definition) is 0. The van der Waals surface area contributed by atoms with E-state index in [-0.39, 0.29) is 5.82 Å². The smallest absolute Gasteiger partial charge is 0.123 e. The third-order valence-corrected chi connectivity index (χ3v) is 7.05. The first-order valence-electron chi connectivity index (χ1n) is 11.1. The molecule has 2 fully saturated rings. The molecule has 0 spiro atoms. The predicted octanol–water partition coefficient (Wildman–Crippen LogP) is 7.73. The summed E-state index contributed by atoms with van der Waals surface area (Å²) < 4.78 is 12.9. The van der Waals surface area contributed by atoms with E-state index in [1.807, 2.05) is 12.1 Å². The minimum atomic E-state index is -0.145. The van der Waals surface area contributed by atoms with Crippen LogP contribution in [0.3, 0.4) is 0 Å². The van der Waals surface area contributed by atoms with E-state index >= 15 is 0 Å². The Labute approximate surface area is 160 Å². The molecular weight excluding hydrogens is 319 g/mol. The van der Waals surface area contributed by atoms with Crippen LogP contribution in [0, 0.1) is 29.5 Å². The number of benzene rings is 1. The van der Waals surface area contributed by atoms with Crippen molar-refractivity contribution in [2.45, 2.75) is 84.0 Å². The summed E-state index contributed by atoms with van der Waals surface area (Å²) in [6.07, 6.45) is 21.5. The van der Waals surface area contributed by atoms with Crippen molar-refractivity contribution >= 4 is 0 Å². The van der Waals surface area contributed by atoms with Gasteiger partial charge >= 0.3 is 0 Å². The molecule has 1 aromatic rings. The highest BCUT2D eigenvalue weighted by Crippen LogP contribution is 2.42. The third kappa shape index (κ3) is 5.96. The minimum absolute atomic E-state index is 0.145. The minimum Gasteiger partial charge on any atom is -0.207 e. The van der Waals surface area contributed by atoms with Crippen LogP contribution in [0.4, 0.5) is 4.39 Å². The van der Waals surface area contributed by atoms with Crippen molar-refractivity contribution < 1.29 is 4.39 Å². The predicted molar refractivity (Wildman–Crippen MR) is 110 cm³/mol. The molecule has 0 nitrogen and oxygen atoms in total. The van der Waals surface area contributed by atoms with Crippen LogP contribution in [-0.4, -0.2) is 0 Å². The van der Waals surface area contributed by atoms with Gasteiger partial charge in [-0.3, -0.25) is 0 Å². The van der Waals surface area contributed by atoms with Gasteiger partial charge < -0.3 is 0 Å². The second-order valence-electron chi connectivity index (χ2n) is 8.89. The summed E-state index contributed by atoms with van der Waals surface area (Å²) in [5.41, 5.74) is 1.20. The molecule has 2 aliphatic carbocycles. The molecule has 0 aliphatic heterocycles. The van der Waals surface area contributed by atoms with Crippen LogP contribution < -0.4 is 0 Å². The molecule has 0 N–H and O–H groups in total. The Bertz CT molecular complexity index is 528. The highest BCUT2D eigenvalue weighted by molar-refractivity contribution is 5.18. The molecule has 1 heteroatoms. The Morgan fingerprint density at radius 1 is 0.808 bits per heavy atom. The molecule has 2 aliphatic rings. The Balaban J connectivity index is 1.32. The molecule has 0 bridgehead atoms. The van der Waals surface area contributed by atoms with Gasteiger partial charge in [-0.05, 0) is 92.7 Å². The number of hydrogen-bond donors (Lipinski definition) is 0. The lowest BCUT2D eigenvalue weighted by molar-refractivity contribution is 0.144. The quantitative estimate of drug-likeness (QED) is 0.438. The average molecular weight is 357 g/mol. The molecular formula is C25H37F. The van der Waals surface area contributed by atoms with E-state index in [0.29, 0.717) is 0 Å². The first-order valence-corrected chi connectivity index (χ1v) is 11.1. The van der Waals surface area contributed by atoms with Crippen LogP contribution in [0.1, 0.15) is 83.1 Å². The topological polar surface area (TPSA) is 0 Å². The lowest BCUT2D eigenvalue weighted by atomic mass is 9.68. The summed E-state index contributed by atoms with van der Waals surface area (Å²) in [6.45, 7) is 2.33. The maximum absolute atomic E-state index is 12.9. The Kier molecular flexibility index (Phi) is 7.77. The number of allylic oxidation sites excluding steroid dienone is 2. The van der Waals surface area contributed by atoms with Gasteiger partial charge in [-0.25, -0.2) is 4.39 Å². The summed E-state index contributed by atoms with van der Waals surface area (Å²) in [5.74, 6) is 3.86. The van der Waals surface area contributed by atoms with Crippen LogP contribution in [0.25, 0.3) is 0 Å². The summed E-state index contributed by atoms with van der Waals surface area (Å²) >= 11 is 0. The Hall–Kier alpha value is -1.11. The molecule has 0 aromatic heterocycles. The van der Waals surface area contributed by atoms with E-state index < -0.39 is 0 Å². The van der Waals surface area contributed by atoms with Crippen LogP contribution in [0.2, 0.25) is 0 Å². The van der Waals surface area contributed by atoms with Gasteiger partial charge in [0.25, 0.3) is 0 Å². The van der Waals surface area contributed by atoms with Crippen molar-refractivity contribution in [1.29, 1.82) is 0 Å². The van der Waals surface area contributed by atoms with E-state index in [2.05, 4.69) is 19.1 Å². The van der Waals surface area contributed by atoms with Gasteiger partial charge in [0, 0.05) is 0 Å². The average Bonchev–Trinajstić information content (AvgIpc) is 2.68. The lowest BCUT2D eigenvalue weighted by Crippen LogP contribution is -2.25. The SMILES string of the molecule is CCCC1CCC(C2CCC(C/C=C\Cc3ccc(F)cc3)CC2)CC1. The second kappa shape index (κ2) is 10.3. The standard InChI is InChI=1S/C25H37F/c1-2-5-20-8-14-23(15-9-20)24-16-10-21(11-17-24)6-3-4-7-22-12-18-25(26)19-13-22/h3-4,12-13,18-21,23-24H,2,5-11,14-17H2,1H3/b4-3-. The van der Waals surface area contributed by atoms with Gasteiger partial charge in [0.15, 0.2) is 0 Å². The van der Waals surface area contributed by atoms with Gasteiger partial charge in [-0.15, -0.1) is 0 Å². The monoisotopic (exact) mass is 356 g/mol. The fourth-order valence-electron chi connectivity index (χ4n) is 5.38. The molecule has 2 saturated carbocycles. The molecule has 0 radical (unpaired) electrons. The van der Waals surface area contributed by atoms with Crippen LogP contribution in [-0.2, 0) is 6.42 Å². The van der Waals surface area contributed by atoms with Crippen LogP contribution in [0.5, 0.6) is 0 Å². The van der Waals surface area contributed by atoms with Crippen molar-refractivity contribution in [2.24, 2.45) is 23.7 Å². The van der Waals surface area contributed by atoms with Crippen molar-refractivity contribution in [3.05, 3.63) is 47.8 Å². The fourth-order valence-corrected chi connectivity index (χ4v) is 5.38. The highest BCUT2D eigenvalue weighted by atomic mass is 19.1. The summed E-state index contributed by atoms with van der Waals surface area (Å²) in [6, 6.07) is 6.89. The van der Waals surface area contributed by atoms with Gasteiger partial charge in [-0.2, -0.15) is 0 Å². The van der Waals surface area contributed by atoms with Crippen molar-refractivity contribution in [3.63, 3.8) is 0 Å². The normalized spacial score (nSPS) is 29.9. The Morgan fingerprint density at radius 2 is 1.38 bits per heavy atom. The van der Waals surface area contributed by atoms with Gasteiger partial charge in [-0.1, -0.05) is 56.9 Å². The van der Waals surface area contributed by atoms with Crippen molar-refractivity contribution in [2.75, 3.05) is 0 Å². The number of halogens is 1. The summed E-state index contributed by atoms with van der Waals surface area (Å²) in [4.78, 5) is 0. The summed E-state index contributed by atoms with van der Waals surface area (Å²) in [5, 5.41) is 0. The zero-order valence-corrected chi connectivity index (χ0v) is 16.6. The Morgan fingerprint density at radius 3 is 1.96 bits per heavy atom. The van der Waals surface area contributed by atoms with E-state index in [4.69, 9.17) is 0 Å². The fraction of sp³-hybridized carbons (Fsp3) is 0.680. The van der Waals surface area contributed by atoms with Gasteiger partial charge in [0.1, 0.15) is 5.82 Å². The van der Waals surface area contributed by atoms with E-state index in [0.717, 1.165) is 30.1 Å². The molecule has 0 heterocycles. The van der Waals surface area contributed by atoms with Crippen LogP contribution in [0.15, 0.2) is 36.4 Å². The van der Waals surface area contributed by atoms with E-state index in [9.17, 15) is 4.39 Å². The largest absolute Gasteiger partial charge is 0.207 e. The van der Waals surface area contributed by atoms with E-state index in [1.165, 1.54) is 76.2 Å². The zero-order chi connectivity index (χ0) is 18.2. The zero-order valence-electron chi connectivity index (χ0n) is 16.6. The van der Waals surface area contributed by atoms with Gasteiger partial charge in [0.05, 0.1) is 0 Å². The van der Waals surface area contributed by atoms with Crippen LogP contribution >= 0.6 is 0 Å². The van der Waals surface area contributed by atoms with Crippen molar-refractivity contribution in [1.82, 2.24) is 0 Å². The third-order valence-electron chi connectivity index (χ3n) is 7.05. The molecule has 0 saturated heterocycles. The number of rotatable bonds is 7. The first kappa shape index (κ1) is 19.6. The maximum atomic E-state index is 12.9. The van der Waals surface area contributed by atoms with Gasteiger partial charge in [0.2, 0.25) is 0 Å². The molecule has 1 aromatic carbocycles. The van der Waals surface area contributed by atoms with E-state index in [1.54, 1.807) is 12.1 Å². The second-order valence-corrected chi connectivity index (χ2v) is 8.89. The molecule has 3 rings (SSSR count). The lowest BCUT2D eigenvalue weighted by Gasteiger charge is -2.37. The highest BCUT2D eigenvalue weighted by Gasteiger charge is 2.30. The molecule has 26 heavy (non-hydrogen) atoms. The molecule has 0 atom stereocenters. The van der Waals surface area contributed by atoms with Crippen molar-refractivity contribution in [3.8, 4) is 0 Å². The summed E-state index contributed by atoms with van der Waals surface area (Å²) in [7, 11) is 0. The molecule has 144 valence electrons. The maximum Gasteiger partial charge on any atom is 0.123 e. The molecule has 0 unspecified atom stereocenters. The first-order chi connectivity index (χ1) is 12.7. The molecule has 0 amide bonds.